The van der Waals surface area contributed by atoms with Crippen LogP contribution in [0.15, 0.2) is 30.3 Å². The minimum Gasteiger partial charge on any atom is -0.496 e. The Bertz CT molecular complexity index is 808. The average molecular weight is 384 g/mol. The Hall–Kier alpha value is -2.83. The van der Waals surface area contributed by atoms with Crippen LogP contribution in [0, 0.1) is 6.92 Å². The van der Waals surface area contributed by atoms with Gasteiger partial charge in [-0.1, -0.05) is 12.1 Å². The molecule has 1 atom stereocenters. The van der Waals surface area contributed by atoms with Crippen molar-refractivity contribution in [3.63, 3.8) is 0 Å². The van der Waals surface area contributed by atoms with Gasteiger partial charge in [0.25, 0.3) is 0 Å². The first-order valence-electron chi connectivity index (χ1n) is 9.55. The summed E-state index contributed by atoms with van der Waals surface area (Å²) in [4.78, 5) is 16.5. The van der Waals surface area contributed by atoms with Gasteiger partial charge in [-0.3, -0.25) is 4.79 Å². The number of piperidine rings is 1. The van der Waals surface area contributed by atoms with E-state index in [0.717, 1.165) is 42.1 Å². The molecule has 7 nitrogen and oxygen atoms in total. The monoisotopic (exact) mass is 384 g/mol. The van der Waals surface area contributed by atoms with Gasteiger partial charge in [-0.2, -0.15) is 0 Å². The summed E-state index contributed by atoms with van der Waals surface area (Å²) in [6.45, 7) is 3.32. The van der Waals surface area contributed by atoms with Crippen molar-refractivity contribution in [1.82, 2.24) is 15.1 Å². The highest BCUT2D eigenvalue weighted by Crippen LogP contribution is 2.21. The van der Waals surface area contributed by atoms with Gasteiger partial charge in [0, 0.05) is 26.7 Å². The van der Waals surface area contributed by atoms with Crippen molar-refractivity contribution in [1.29, 1.82) is 0 Å². The maximum Gasteiger partial charge on any atom is 0.233 e. The third kappa shape index (κ3) is 4.91. The number of carbonyl (C=O) groups is 1. The maximum atomic E-state index is 12.8. The van der Waals surface area contributed by atoms with Crippen molar-refractivity contribution in [3.05, 3.63) is 41.5 Å². The number of ether oxygens (including phenoxy) is 2. The summed E-state index contributed by atoms with van der Waals surface area (Å²) in [6, 6.07) is 9.57. The molecule has 28 heavy (non-hydrogen) atoms. The number of amides is 1. The van der Waals surface area contributed by atoms with Crippen LogP contribution in [0.5, 0.6) is 11.6 Å². The van der Waals surface area contributed by atoms with Crippen molar-refractivity contribution >= 4 is 11.7 Å². The van der Waals surface area contributed by atoms with E-state index in [4.69, 9.17) is 9.47 Å². The third-order valence-electron chi connectivity index (χ3n) is 4.92. The molecule has 0 bridgehead atoms. The zero-order valence-electron chi connectivity index (χ0n) is 17.0. The molecule has 0 aliphatic carbocycles. The zero-order valence-corrected chi connectivity index (χ0v) is 17.0. The Morgan fingerprint density at radius 3 is 2.71 bits per heavy atom. The largest absolute Gasteiger partial charge is 0.496 e. The summed E-state index contributed by atoms with van der Waals surface area (Å²) in [5.74, 6) is 2.23. The van der Waals surface area contributed by atoms with E-state index in [1.54, 1.807) is 7.11 Å². The maximum absolute atomic E-state index is 12.8. The highest BCUT2D eigenvalue weighted by Gasteiger charge is 2.25. The van der Waals surface area contributed by atoms with Crippen molar-refractivity contribution in [3.8, 4) is 11.6 Å². The summed E-state index contributed by atoms with van der Waals surface area (Å²) in [7, 11) is 5.48. The van der Waals surface area contributed by atoms with Crippen LogP contribution in [0.3, 0.4) is 0 Å². The second-order valence-electron chi connectivity index (χ2n) is 7.33. The van der Waals surface area contributed by atoms with Crippen LogP contribution in [0.1, 0.15) is 24.0 Å². The van der Waals surface area contributed by atoms with E-state index in [9.17, 15) is 4.79 Å². The van der Waals surface area contributed by atoms with E-state index in [2.05, 4.69) is 10.2 Å². The molecule has 1 aromatic carbocycles. The van der Waals surface area contributed by atoms with E-state index < -0.39 is 0 Å². The van der Waals surface area contributed by atoms with E-state index in [-0.39, 0.29) is 12.0 Å². The summed E-state index contributed by atoms with van der Waals surface area (Å²) in [5, 5.41) is 8.26. The summed E-state index contributed by atoms with van der Waals surface area (Å²) < 4.78 is 11.3. The first-order valence-corrected chi connectivity index (χ1v) is 9.55. The molecule has 0 N–H and O–H groups in total. The Labute approximate surface area is 166 Å². The molecule has 3 rings (SSSR count). The van der Waals surface area contributed by atoms with E-state index in [0.29, 0.717) is 18.8 Å². The topological polar surface area (TPSA) is 67.8 Å². The van der Waals surface area contributed by atoms with Gasteiger partial charge in [0.15, 0.2) is 5.82 Å². The normalized spacial score (nSPS) is 16.6. The van der Waals surface area contributed by atoms with Crippen LogP contribution in [-0.4, -0.2) is 61.4 Å². The van der Waals surface area contributed by atoms with Gasteiger partial charge >= 0.3 is 0 Å². The van der Waals surface area contributed by atoms with Crippen molar-refractivity contribution < 1.29 is 14.3 Å². The van der Waals surface area contributed by atoms with Crippen LogP contribution in [0.25, 0.3) is 0 Å². The van der Waals surface area contributed by atoms with E-state index >= 15 is 0 Å². The van der Waals surface area contributed by atoms with Gasteiger partial charge in [-0.25, -0.2) is 0 Å². The fourth-order valence-corrected chi connectivity index (χ4v) is 3.38. The first-order chi connectivity index (χ1) is 13.5. The number of hydrogen-bond donors (Lipinski definition) is 0. The van der Waals surface area contributed by atoms with Gasteiger partial charge in [0.2, 0.25) is 11.8 Å². The van der Waals surface area contributed by atoms with Crippen molar-refractivity contribution in [2.24, 2.45) is 0 Å². The molecule has 0 spiro atoms. The van der Waals surface area contributed by atoms with Crippen LogP contribution < -0.4 is 14.4 Å². The molecule has 1 unspecified atom stereocenters. The second-order valence-corrected chi connectivity index (χ2v) is 7.33. The van der Waals surface area contributed by atoms with Gasteiger partial charge in [-0.05, 0) is 43.0 Å². The van der Waals surface area contributed by atoms with E-state index in [1.165, 1.54) is 0 Å². The third-order valence-corrected chi connectivity index (χ3v) is 4.92. The molecule has 0 saturated carbocycles. The molecule has 1 aliphatic heterocycles. The molecular weight excluding hydrogens is 356 g/mol. The lowest BCUT2D eigenvalue weighted by atomic mass is 10.0. The molecule has 2 heterocycles. The lowest BCUT2D eigenvalue weighted by Crippen LogP contribution is -2.45. The molecular formula is C21H28N4O3. The predicted molar refractivity (Wildman–Crippen MR) is 108 cm³/mol. The quantitative estimate of drug-likeness (QED) is 0.762. The van der Waals surface area contributed by atoms with Gasteiger partial charge in [-0.15, -0.1) is 10.2 Å². The van der Waals surface area contributed by atoms with Gasteiger partial charge in [0.05, 0.1) is 20.1 Å². The smallest absolute Gasteiger partial charge is 0.233 e. The number of carbonyl (C=O) groups excluding carboxylic acids is 1. The Morgan fingerprint density at radius 1 is 1.25 bits per heavy atom. The zero-order chi connectivity index (χ0) is 20.1. The number of hydrogen-bond acceptors (Lipinski definition) is 6. The number of benzene rings is 1. The number of anilines is 1. The predicted octanol–water partition coefficient (Wildman–Crippen LogP) is 2.47. The second kappa shape index (κ2) is 8.91. The number of rotatable bonds is 6. The van der Waals surface area contributed by atoms with Crippen LogP contribution in [-0.2, 0) is 11.2 Å². The molecule has 7 heteroatoms. The number of likely N-dealkylation sites (tertiary alicyclic amines) is 1. The summed E-state index contributed by atoms with van der Waals surface area (Å²) in [5.41, 5.74) is 2.03. The van der Waals surface area contributed by atoms with Crippen LogP contribution in [0.2, 0.25) is 0 Å². The minimum absolute atomic E-state index is 0.0604. The Balaban J connectivity index is 1.57. The number of methoxy groups -OCH3 is 1. The SMILES string of the molecule is COc1ccc(CC(=O)N2CCCC(Oc3ccc(N(C)C)nn3)C2)cc1C. The van der Waals surface area contributed by atoms with Crippen molar-refractivity contribution in [2.75, 3.05) is 39.2 Å². The highest BCUT2D eigenvalue weighted by molar-refractivity contribution is 5.79. The van der Waals surface area contributed by atoms with Gasteiger partial charge < -0.3 is 19.3 Å². The number of aromatic nitrogens is 2. The summed E-state index contributed by atoms with van der Waals surface area (Å²) in [6.07, 6.45) is 2.15. The molecule has 2 aromatic rings. The Morgan fingerprint density at radius 2 is 2.07 bits per heavy atom. The summed E-state index contributed by atoms with van der Waals surface area (Å²) >= 11 is 0. The molecule has 1 aliphatic rings. The standard InChI is InChI=1S/C21H28N4O3/c1-15-12-16(7-8-18(15)27-4)13-21(26)25-11-5-6-17(14-25)28-20-10-9-19(22-23-20)24(2)3/h7-10,12,17H,5-6,11,13-14H2,1-4H3. The van der Waals surface area contributed by atoms with Crippen molar-refractivity contribution in [2.45, 2.75) is 32.3 Å². The molecule has 1 amide bonds. The lowest BCUT2D eigenvalue weighted by molar-refractivity contribution is -0.133. The average Bonchev–Trinajstić information content (AvgIpc) is 2.69. The fourth-order valence-electron chi connectivity index (χ4n) is 3.38. The molecule has 150 valence electrons. The van der Waals surface area contributed by atoms with E-state index in [1.807, 2.05) is 61.2 Å². The molecule has 0 radical (unpaired) electrons. The Kier molecular flexibility index (Phi) is 6.34. The van der Waals surface area contributed by atoms with Gasteiger partial charge in [0.1, 0.15) is 11.9 Å². The first kappa shape index (κ1) is 19.9. The lowest BCUT2D eigenvalue weighted by Gasteiger charge is -2.32. The number of nitrogens with zero attached hydrogens (tertiary/aromatic N) is 4. The molecule has 1 fully saturated rings. The molecule has 1 aromatic heterocycles. The minimum atomic E-state index is -0.0604. The van der Waals surface area contributed by atoms with Crippen LogP contribution >= 0.6 is 0 Å². The fraction of sp³-hybridized carbons (Fsp3) is 0.476. The molecule has 1 saturated heterocycles. The highest BCUT2D eigenvalue weighted by atomic mass is 16.5. The number of aryl methyl sites for hydroxylation is 1. The van der Waals surface area contributed by atoms with Crippen LogP contribution in [0.4, 0.5) is 5.82 Å².